The first kappa shape index (κ1) is 17.1. The predicted octanol–water partition coefficient (Wildman–Crippen LogP) is 4.10. The van der Waals surface area contributed by atoms with E-state index in [0.29, 0.717) is 5.39 Å². The Labute approximate surface area is 159 Å². The van der Waals surface area contributed by atoms with Crippen LogP contribution in [0.5, 0.6) is 0 Å². The maximum atomic E-state index is 12.7. The molecule has 132 valence electrons. The van der Waals surface area contributed by atoms with Gasteiger partial charge in [-0.3, -0.25) is 4.79 Å². The molecule has 0 unspecified atom stereocenters. The number of nitrogens with two attached hydrogens (primary N) is 1. The van der Waals surface area contributed by atoms with Crippen molar-refractivity contribution in [1.29, 1.82) is 0 Å². The van der Waals surface area contributed by atoms with Gasteiger partial charge in [0.25, 0.3) is 5.56 Å². The van der Waals surface area contributed by atoms with Gasteiger partial charge in [-0.25, -0.2) is 4.98 Å². The Kier molecular flexibility index (Phi) is 4.72. The van der Waals surface area contributed by atoms with Crippen LogP contribution in [0.2, 0.25) is 0 Å². The summed E-state index contributed by atoms with van der Waals surface area (Å²) in [6.45, 7) is 4.25. The molecule has 0 spiro atoms. The van der Waals surface area contributed by atoms with Crippen LogP contribution in [0.1, 0.15) is 37.3 Å². The SMILES string of the molecule is C[C@H]([NH2+][C@H](C)c1nc2scc(-c3cccs3)c2c(=O)[nH]1)c1ccccc1. The average Bonchev–Trinajstić information content (AvgIpc) is 3.31. The molecule has 3 heterocycles. The third-order valence-electron chi connectivity index (χ3n) is 4.58. The van der Waals surface area contributed by atoms with Crippen LogP contribution in [0, 0.1) is 0 Å². The van der Waals surface area contributed by atoms with Crippen molar-refractivity contribution >= 4 is 32.9 Å². The molecule has 3 aromatic heterocycles. The van der Waals surface area contributed by atoms with Crippen molar-refractivity contribution in [1.82, 2.24) is 9.97 Å². The minimum Gasteiger partial charge on any atom is -0.332 e. The molecule has 0 saturated carbocycles. The first-order valence-electron chi connectivity index (χ1n) is 8.58. The van der Waals surface area contributed by atoms with E-state index < -0.39 is 0 Å². The van der Waals surface area contributed by atoms with Crippen LogP contribution in [-0.2, 0) is 0 Å². The predicted molar refractivity (Wildman–Crippen MR) is 109 cm³/mol. The monoisotopic (exact) mass is 382 g/mol. The van der Waals surface area contributed by atoms with Crippen LogP contribution in [0.4, 0.5) is 0 Å². The first-order chi connectivity index (χ1) is 12.6. The molecular formula is C20H20N3OS2+. The Morgan fingerprint density at radius 3 is 2.58 bits per heavy atom. The molecule has 0 fully saturated rings. The normalized spacial score (nSPS) is 13.8. The third kappa shape index (κ3) is 3.23. The molecule has 3 N–H and O–H groups in total. The lowest BCUT2D eigenvalue weighted by Gasteiger charge is -2.16. The molecule has 0 radical (unpaired) electrons. The van der Waals surface area contributed by atoms with Crippen LogP contribution >= 0.6 is 22.7 Å². The Morgan fingerprint density at radius 2 is 1.85 bits per heavy atom. The van der Waals surface area contributed by atoms with E-state index in [4.69, 9.17) is 4.98 Å². The highest BCUT2D eigenvalue weighted by atomic mass is 32.1. The molecule has 4 rings (SSSR count). The number of benzene rings is 1. The number of quaternary nitrogens is 1. The highest BCUT2D eigenvalue weighted by Crippen LogP contribution is 2.33. The highest BCUT2D eigenvalue weighted by Gasteiger charge is 2.20. The largest absolute Gasteiger partial charge is 0.332 e. The average molecular weight is 383 g/mol. The van der Waals surface area contributed by atoms with Crippen LogP contribution in [0.3, 0.4) is 0 Å². The standard InChI is InChI=1S/C20H19N3OS2/c1-12(14-7-4-3-5-8-14)21-13(2)18-22-19(24)17-15(11-26-20(17)23-18)16-9-6-10-25-16/h3-13,21H,1-2H3,(H,22,23,24)/p+1/t12-,13+/m0/s1. The molecule has 6 heteroatoms. The van der Waals surface area contributed by atoms with Crippen molar-refractivity contribution in [2.45, 2.75) is 25.9 Å². The summed E-state index contributed by atoms with van der Waals surface area (Å²) >= 11 is 3.18. The zero-order valence-electron chi connectivity index (χ0n) is 14.6. The fourth-order valence-electron chi connectivity index (χ4n) is 3.19. The number of nitrogens with zero attached hydrogens (tertiary/aromatic N) is 1. The van der Waals surface area contributed by atoms with E-state index in [1.165, 1.54) is 16.9 Å². The summed E-state index contributed by atoms with van der Waals surface area (Å²) in [5.41, 5.74) is 2.19. The van der Waals surface area contributed by atoms with Crippen LogP contribution < -0.4 is 10.9 Å². The number of aromatic amines is 1. The number of aromatic nitrogens is 2. The molecule has 0 aliphatic carbocycles. The van der Waals surface area contributed by atoms with E-state index in [0.717, 1.165) is 21.1 Å². The number of rotatable bonds is 5. The Bertz CT molecular complexity index is 1070. The summed E-state index contributed by atoms with van der Waals surface area (Å²) < 4.78 is 0. The summed E-state index contributed by atoms with van der Waals surface area (Å²) in [5.74, 6) is 0.727. The second-order valence-electron chi connectivity index (χ2n) is 6.44. The number of fused-ring (bicyclic) bond motifs is 1. The van der Waals surface area contributed by atoms with Gasteiger partial charge in [-0.2, -0.15) is 0 Å². The van der Waals surface area contributed by atoms with Gasteiger partial charge in [0.05, 0.1) is 5.39 Å². The molecule has 4 nitrogen and oxygen atoms in total. The van der Waals surface area contributed by atoms with Crippen LogP contribution in [0.25, 0.3) is 20.7 Å². The fourth-order valence-corrected chi connectivity index (χ4v) is 4.96. The van der Waals surface area contributed by atoms with Crippen LogP contribution in [0.15, 0.2) is 58.0 Å². The van der Waals surface area contributed by atoms with Gasteiger partial charge in [-0.1, -0.05) is 36.4 Å². The van der Waals surface area contributed by atoms with Crippen molar-refractivity contribution in [2.75, 3.05) is 0 Å². The summed E-state index contributed by atoms with van der Waals surface area (Å²) in [6.07, 6.45) is 0. The Hall–Kier alpha value is -2.28. The number of H-pyrrole nitrogens is 1. The van der Waals surface area contributed by atoms with E-state index in [1.54, 1.807) is 11.3 Å². The van der Waals surface area contributed by atoms with Gasteiger partial charge in [0.15, 0.2) is 5.82 Å². The Morgan fingerprint density at radius 1 is 1.04 bits per heavy atom. The molecule has 26 heavy (non-hydrogen) atoms. The zero-order valence-corrected chi connectivity index (χ0v) is 16.2. The minimum atomic E-state index is -0.0535. The van der Waals surface area contributed by atoms with Crippen molar-refractivity contribution < 1.29 is 5.32 Å². The number of nitrogens with one attached hydrogen (secondary N) is 1. The van der Waals surface area contributed by atoms with Crippen molar-refractivity contribution in [2.24, 2.45) is 0 Å². The van der Waals surface area contributed by atoms with Gasteiger partial charge >= 0.3 is 0 Å². The van der Waals surface area contributed by atoms with E-state index >= 15 is 0 Å². The topological polar surface area (TPSA) is 62.4 Å². The van der Waals surface area contributed by atoms with Gasteiger partial charge in [0, 0.05) is 21.4 Å². The maximum absolute atomic E-state index is 12.7. The quantitative estimate of drug-likeness (QED) is 0.546. The zero-order chi connectivity index (χ0) is 18.1. The molecule has 0 aliphatic heterocycles. The maximum Gasteiger partial charge on any atom is 0.260 e. The van der Waals surface area contributed by atoms with Gasteiger partial charge in [-0.15, -0.1) is 22.7 Å². The van der Waals surface area contributed by atoms with E-state index in [2.05, 4.69) is 36.3 Å². The van der Waals surface area contributed by atoms with Crippen LogP contribution in [-0.4, -0.2) is 9.97 Å². The third-order valence-corrected chi connectivity index (χ3v) is 6.36. The summed E-state index contributed by atoms with van der Waals surface area (Å²) in [5, 5.41) is 6.98. The molecule has 0 aliphatic rings. The molecule has 4 aromatic rings. The smallest absolute Gasteiger partial charge is 0.260 e. The minimum absolute atomic E-state index is 0.0535. The number of hydrogen-bond donors (Lipinski definition) is 2. The van der Waals surface area contributed by atoms with Crippen molar-refractivity contribution in [3.8, 4) is 10.4 Å². The fraction of sp³-hybridized carbons (Fsp3) is 0.200. The second kappa shape index (κ2) is 7.15. The molecule has 2 atom stereocenters. The molecule has 1 aromatic carbocycles. The highest BCUT2D eigenvalue weighted by molar-refractivity contribution is 7.18. The molecule has 0 bridgehead atoms. The van der Waals surface area contributed by atoms with E-state index in [-0.39, 0.29) is 17.6 Å². The molecular weight excluding hydrogens is 362 g/mol. The number of hydrogen-bond acceptors (Lipinski definition) is 4. The van der Waals surface area contributed by atoms with E-state index in [9.17, 15) is 4.79 Å². The van der Waals surface area contributed by atoms with Gasteiger partial charge in [0.1, 0.15) is 16.9 Å². The lowest BCUT2D eigenvalue weighted by atomic mass is 10.1. The van der Waals surface area contributed by atoms with Crippen molar-refractivity contribution in [3.63, 3.8) is 0 Å². The molecule has 0 amide bonds. The lowest BCUT2D eigenvalue weighted by molar-refractivity contribution is -0.729. The Balaban J connectivity index is 1.64. The van der Waals surface area contributed by atoms with Gasteiger partial charge in [-0.05, 0) is 25.3 Å². The van der Waals surface area contributed by atoms with E-state index in [1.807, 2.05) is 41.1 Å². The lowest BCUT2D eigenvalue weighted by Crippen LogP contribution is -2.85. The summed E-state index contributed by atoms with van der Waals surface area (Å²) in [4.78, 5) is 22.4. The second-order valence-corrected chi connectivity index (χ2v) is 8.24. The van der Waals surface area contributed by atoms with Gasteiger partial charge in [0.2, 0.25) is 0 Å². The summed E-state index contributed by atoms with van der Waals surface area (Å²) in [7, 11) is 0. The summed E-state index contributed by atoms with van der Waals surface area (Å²) in [6, 6.07) is 14.8. The molecule has 0 saturated heterocycles. The number of thiophene rings is 2. The first-order valence-corrected chi connectivity index (χ1v) is 10.3. The van der Waals surface area contributed by atoms with Crippen molar-refractivity contribution in [3.05, 3.63) is 75.0 Å². The van der Waals surface area contributed by atoms with Gasteiger partial charge < -0.3 is 10.3 Å².